The molecule has 54 valence electrons. The van der Waals surface area contributed by atoms with E-state index in [4.69, 9.17) is 11.6 Å². The number of hydrogen-bond acceptors (Lipinski definition) is 1. The lowest BCUT2D eigenvalue weighted by Crippen LogP contribution is -1.89. The smallest absolute Gasteiger partial charge is 0.0220 e. The molecule has 0 unspecified atom stereocenters. The van der Waals surface area contributed by atoms with E-state index >= 15 is 0 Å². The Labute approximate surface area is 56.5 Å². The summed E-state index contributed by atoms with van der Waals surface area (Å²) in [7, 11) is 3.75. The predicted molar refractivity (Wildman–Crippen MR) is 39.6 cm³/mol. The highest BCUT2D eigenvalue weighted by molar-refractivity contribution is 6.17. The van der Waals surface area contributed by atoms with Crippen LogP contribution in [0, 0.1) is 0 Å². The monoisotopic (exact) mass is 141 g/mol. The van der Waals surface area contributed by atoms with Crippen LogP contribution in [0.25, 0.3) is 0 Å². The van der Waals surface area contributed by atoms with Crippen LogP contribution in [-0.2, 0) is 0 Å². The summed E-state index contributed by atoms with van der Waals surface area (Å²) in [5.41, 5.74) is 0. The van der Waals surface area contributed by atoms with Crippen molar-refractivity contribution in [1.29, 1.82) is 0 Å². The molecule has 0 atom stereocenters. The molecule has 0 spiro atoms. The van der Waals surface area contributed by atoms with E-state index in [0.29, 0.717) is 0 Å². The van der Waals surface area contributed by atoms with Gasteiger partial charge in [0.05, 0.1) is 0 Å². The molecule has 0 heterocycles. The zero-order valence-corrected chi connectivity index (χ0v) is 6.55. The third-order valence-corrected chi connectivity index (χ3v) is 0.567. The van der Waals surface area contributed by atoms with Crippen LogP contribution in [0.3, 0.4) is 0 Å². The van der Waals surface area contributed by atoms with Crippen molar-refractivity contribution >= 4 is 11.6 Å². The molecule has 0 aromatic rings. The molecule has 0 aliphatic heterocycles. The molecule has 0 bridgehead atoms. The summed E-state index contributed by atoms with van der Waals surface area (Å²) < 4.78 is 0. The topological polar surface area (TPSA) is 43.5 Å². The molecule has 3 heteroatoms. The number of hydrogen-bond donors (Lipinski definition) is 1. The lowest BCUT2D eigenvalue weighted by molar-refractivity contribution is 0.824. The van der Waals surface area contributed by atoms with Crippen LogP contribution < -0.4 is 5.32 Å². The van der Waals surface area contributed by atoms with Gasteiger partial charge < -0.3 is 10.8 Å². The molecule has 0 radical (unpaired) electrons. The number of halogens is 1. The lowest BCUT2D eigenvalue weighted by Gasteiger charge is -1.65. The molecule has 0 saturated carbocycles. The van der Waals surface area contributed by atoms with Crippen LogP contribution in [0.5, 0.6) is 0 Å². The molecule has 0 aromatic carbocycles. The first-order valence-electron chi connectivity index (χ1n) is 2.47. The molecular weight excluding hydrogens is 126 g/mol. The van der Waals surface area contributed by atoms with Crippen LogP contribution >= 0.6 is 11.6 Å². The summed E-state index contributed by atoms with van der Waals surface area (Å²) >= 11 is 5.19. The summed E-state index contributed by atoms with van der Waals surface area (Å²) in [6.07, 6.45) is 1.08. The minimum absolute atomic E-state index is 0. The molecule has 0 aliphatic rings. The average Bonchev–Trinajstić information content (AvgIpc) is 1.69. The van der Waals surface area contributed by atoms with Crippen LogP contribution in [0.4, 0.5) is 0 Å². The van der Waals surface area contributed by atoms with Gasteiger partial charge in [0.2, 0.25) is 0 Å². The summed E-state index contributed by atoms with van der Waals surface area (Å²) in [6.45, 7) is 2.05. The van der Waals surface area contributed by atoms with Crippen LogP contribution in [0.2, 0.25) is 0 Å². The van der Waals surface area contributed by atoms with Gasteiger partial charge >= 0.3 is 0 Å². The van der Waals surface area contributed by atoms with Gasteiger partial charge in [-0.2, -0.15) is 0 Å². The second-order valence-corrected chi connectivity index (χ2v) is 1.57. The van der Waals surface area contributed by atoms with E-state index in [0.717, 1.165) is 12.3 Å². The van der Waals surface area contributed by atoms with Crippen molar-refractivity contribution in [2.75, 3.05) is 20.0 Å². The summed E-state index contributed by atoms with van der Waals surface area (Å²) in [6, 6.07) is 0. The number of rotatable bonds is 1. The second kappa shape index (κ2) is 27.0. The molecular formula is C5H16ClNO. The minimum Gasteiger partial charge on any atom is -0.412 e. The highest BCUT2D eigenvalue weighted by Crippen LogP contribution is 1.75. The first-order chi connectivity index (χ1) is 3.33. The molecule has 0 fully saturated rings. The maximum atomic E-state index is 5.19. The summed E-state index contributed by atoms with van der Waals surface area (Å²) in [5.74, 6) is 0.792. The average molecular weight is 142 g/mol. The third kappa shape index (κ3) is 115. The van der Waals surface area contributed by atoms with Gasteiger partial charge in [0.15, 0.2) is 0 Å². The van der Waals surface area contributed by atoms with Crippen molar-refractivity contribution in [3.63, 3.8) is 0 Å². The Morgan fingerprint density at radius 2 is 1.50 bits per heavy atom. The van der Waals surface area contributed by atoms with Crippen molar-refractivity contribution in [2.45, 2.75) is 13.3 Å². The molecule has 0 aromatic heterocycles. The van der Waals surface area contributed by atoms with Crippen molar-refractivity contribution in [1.82, 2.24) is 5.32 Å². The first kappa shape index (κ1) is 15.7. The quantitative estimate of drug-likeness (QED) is 0.536. The molecule has 2 nitrogen and oxygen atoms in total. The lowest BCUT2D eigenvalue weighted by atomic mass is 10.6. The van der Waals surface area contributed by atoms with Crippen molar-refractivity contribution in [2.24, 2.45) is 0 Å². The Kier molecular flexibility index (Phi) is 53.0. The number of nitrogens with one attached hydrogen (secondary N) is 1. The van der Waals surface area contributed by atoms with Crippen molar-refractivity contribution < 1.29 is 5.48 Å². The first-order valence-corrected chi connectivity index (χ1v) is 3.01. The Balaban J connectivity index is -0.0000000575. The molecule has 3 N–H and O–H groups in total. The number of alkyl halides is 1. The van der Waals surface area contributed by atoms with Crippen LogP contribution in [0.1, 0.15) is 13.3 Å². The van der Waals surface area contributed by atoms with E-state index < -0.39 is 0 Å². The standard InChI is InChI=1S/C3H7Cl.C2H7N.H2O/c1-2-3-4;1-3-2;/h2-3H2,1H3;3H,1-2H3;1H2. The zero-order valence-electron chi connectivity index (χ0n) is 5.79. The van der Waals surface area contributed by atoms with E-state index in [1.165, 1.54) is 0 Å². The fraction of sp³-hybridized carbons (Fsp3) is 1.00. The minimum atomic E-state index is 0. The van der Waals surface area contributed by atoms with Gasteiger partial charge in [0.1, 0.15) is 0 Å². The van der Waals surface area contributed by atoms with Gasteiger partial charge in [-0.3, -0.25) is 0 Å². The highest BCUT2D eigenvalue weighted by atomic mass is 35.5. The van der Waals surface area contributed by atoms with E-state index in [1.54, 1.807) is 0 Å². The van der Waals surface area contributed by atoms with Gasteiger partial charge in [0, 0.05) is 5.88 Å². The van der Waals surface area contributed by atoms with Crippen molar-refractivity contribution in [3.05, 3.63) is 0 Å². The zero-order chi connectivity index (χ0) is 6.12. The third-order valence-electron chi connectivity index (χ3n) is 0.189. The van der Waals surface area contributed by atoms with Gasteiger partial charge in [-0.15, -0.1) is 11.6 Å². The highest BCUT2D eigenvalue weighted by Gasteiger charge is 1.59. The molecule has 0 aliphatic carbocycles. The Morgan fingerprint density at radius 3 is 1.50 bits per heavy atom. The molecule has 8 heavy (non-hydrogen) atoms. The Hall–Kier alpha value is 0.210. The molecule has 0 rings (SSSR count). The largest absolute Gasteiger partial charge is 0.412 e. The van der Waals surface area contributed by atoms with E-state index in [2.05, 4.69) is 5.32 Å². The summed E-state index contributed by atoms with van der Waals surface area (Å²) in [5, 5.41) is 2.75. The second-order valence-electron chi connectivity index (χ2n) is 1.19. The van der Waals surface area contributed by atoms with Crippen LogP contribution in [0.15, 0.2) is 0 Å². The van der Waals surface area contributed by atoms with Gasteiger partial charge in [0.25, 0.3) is 0 Å². The van der Waals surface area contributed by atoms with Crippen molar-refractivity contribution in [3.8, 4) is 0 Å². The maximum Gasteiger partial charge on any atom is 0.0220 e. The predicted octanol–water partition coefficient (Wildman–Crippen LogP) is 0.646. The Morgan fingerprint density at radius 1 is 1.38 bits per heavy atom. The van der Waals surface area contributed by atoms with Gasteiger partial charge in [-0.25, -0.2) is 0 Å². The summed E-state index contributed by atoms with van der Waals surface area (Å²) in [4.78, 5) is 0. The van der Waals surface area contributed by atoms with E-state index in [1.807, 2.05) is 21.0 Å². The Bertz CT molecular complexity index is 19.9. The fourth-order valence-electron chi connectivity index (χ4n) is 0. The normalized spacial score (nSPS) is 6.00. The molecule has 0 amide bonds. The molecule has 0 saturated heterocycles. The van der Waals surface area contributed by atoms with Gasteiger partial charge in [-0.05, 0) is 20.5 Å². The fourth-order valence-corrected chi connectivity index (χ4v) is 0. The van der Waals surface area contributed by atoms with E-state index in [9.17, 15) is 0 Å². The van der Waals surface area contributed by atoms with Crippen LogP contribution in [-0.4, -0.2) is 25.5 Å². The van der Waals surface area contributed by atoms with E-state index in [-0.39, 0.29) is 5.48 Å². The maximum absolute atomic E-state index is 5.19. The van der Waals surface area contributed by atoms with Gasteiger partial charge in [-0.1, -0.05) is 6.92 Å². The SMILES string of the molecule is CCCCl.CNC.O.